The van der Waals surface area contributed by atoms with Crippen molar-refractivity contribution in [3.05, 3.63) is 58.2 Å². The van der Waals surface area contributed by atoms with Gasteiger partial charge in [-0.15, -0.1) is 11.8 Å². The van der Waals surface area contributed by atoms with Gasteiger partial charge in [0.15, 0.2) is 0 Å². The molecule has 0 bridgehead atoms. The lowest BCUT2D eigenvalue weighted by Gasteiger charge is -2.33. The minimum atomic E-state index is 0.397. The molecule has 3 atom stereocenters. The second-order valence-corrected chi connectivity index (χ2v) is 8.23. The molecule has 3 heteroatoms. The van der Waals surface area contributed by atoms with Crippen LogP contribution in [0.5, 0.6) is 0 Å². The van der Waals surface area contributed by atoms with Crippen molar-refractivity contribution in [2.45, 2.75) is 49.8 Å². The molecular weight excluding hydrogens is 300 g/mol. The molecule has 122 valence electrons. The minimum absolute atomic E-state index is 0.397. The molecule has 2 nitrogen and oxygen atoms in total. The summed E-state index contributed by atoms with van der Waals surface area (Å²) in [5.74, 6) is 0.599. The Bertz CT molecular complexity index is 624. The third kappa shape index (κ3) is 3.09. The van der Waals surface area contributed by atoms with Crippen molar-refractivity contribution in [3.63, 3.8) is 0 Å². The Labute approximate surface area is 143 Å². The van der Waals surface area contributed by atoms with E-state index in [2.05, 4.69) is 53.7 Å². The van der Waals surface area contributed by atoms with E-state index in [4.69, 9.17) is 5.73 Å². The Hall–Kier alpha value is -1.19. The van der Waals surface area contributed by atoms with Crippen LogP contribution in [0.4, 0.5) is 0 Å². The lowest BCUT2D eigenvalue weighted by Crippen LogP contribution is -2.39. The SMILES string of the molecule is NCC1=CC(C2CC3=C(CCC=C3)S2)=CNC1C1C=CCCC1. The van der Waals surface area contributed by atoms with Crippen LogP contribution in [0.25, 0.3) is 0 Å². The summed E-state index contributed by atoms with van der Waals surface area (Å²) in [5, 5.41) is 4.26. The molecule has 0 aromatic carbocycles. The Morgan fingerprint density at radius 2 is 2.22 bits per heavy atom. The number of nitrogens with one attached hydrogen (secondary N) is 1. The summed E-state index contributed by atoms with van der Waals surface area (Å²) in [6.45, 7) is 0.657. The number of hydrogen-bond acceptors (Lipinski definition) is 3. The smallest absolute Gasteiger partial charge is 0.0546 e. The quantitative estimate of drug-likeness (QED) is 0.764. The van der Waals surface area contributed by atoms with Crippen LogP contribution in [-0.4, -0.2) is 17.8 Å². The number of dihydropyridines is 1. The van der Waals surface area contributed by atoms with E-state index in [1.807, 2.05) is 0 Å². The summed E-state index contributed by atoms with van der Waals surface area (Å²) >= 11 is 2.07. The first-order valence-corrected chi connectivity index (χ1v) is 9.81. The van der Waals surface area contributed by atoms with Gasteiger partial charge in [0.05, 0.1) is 6.04 Å². The highest BCUT2D eigenvalue weighted by Crippen LogP contribution is 2.46. The highest BCUT2D eigenvalue weighted by atomic mass is 32.2. The molecule has 2 aliphatic heterocycles. The summed E-state index contributed by atoms with van der Waals surface area (Å²) in [5.41, 5.74) is 10.5. The predicted molar refractivity (Wildman–Crippen MR) is 100 cm³/mol. The molecule has 2 aliphatic carbocycles. The third-order valence-corrected chi connectivity index (χ3v) is 6.89. The fourth-order valence-corrected chi connectivity index (χ4v) is 5.55. The fraction of sp³-hybridized carbons (Fsp3) is 0.500. The fourth-order valence-electron chi connectivity index (χ4n) is 4.13. The second-order valence-electron chi connectivity index (χ2n) is 6.94. The maximum Gasteiger partial charge on any atom is 0.0546 e. The van der Waals surface area contributed by atoms with E-state index >= 15 is 0 Å². The van der Waals surface area contributed by atoms with Crippen molar-refractivity contribution in [1.82, 2.24) is 5.32 Å². The predicted octanol–water partition coefficient (Wildman–Crippen LogP) is 4.19. The van der Waals surface area contributed by atoms with E-state index in [9.17, 15) is 0 Å². The van der Waals surface area contributed by atoms with Gasteiger partial charge < -0.3 is 11.1 Å². The van der Waals surface area contributed by atoms with Gasteiger partial charge >= 0.3 is 0 Å². The zero-order chi connectivity index (χ0) is 15.6. The third-order valence-electron chi connectivity index (χ3n) is 5.41. The van der Waals surface area contributed by atoms with Crippen molar-refractivity contribution < 1.29 is 0 Å². The van der Waals surface area contributed by atoms with Gasteiger partial charge in [-0.1, -0.05) is 30.4 Å². The summed E-state index contributed by atoms with van der Waals surface area (Å²) in [7, 11) is 0. The molecule has 23 heavy (non-hydrogen) atoms. The Morgan fingerprint density at radius 1 is 1.26 bits per heavy atom. The first-order valence-electron chi connectivity index (χ1n) is 8.93. The Balaban J connectivity index is 1.48. The topological polar surface area (TPSA) is 38.0 Å². The lowest BCUT2D eigenvalue weighted by atomic mass is 9.83. The second kappa shape index (κ2) is 6.74. The zero-order valence-electron chi connectivity index (χ0n) is 13.6. The minimum Gasteiger partial charge on any atom is -0.384 e. The molecule has 0 aromatic heterocycles. The van der Waals surface area contributed by atoms with Crippen LogP contribution < -0.4 is 11.1 Å². The van der Waals surface area contributed by atoms with Gasteiger partial charge in [0, 0.05) is 23.9 Å². The molecule has 0 spiro atoms. The molecule has 0 fully saturated rings. The average molecular weight is 327 g/mol. The van der Waals surface area contributed by atoms with Gasteiger partial charge in [0.2, 0.25) is 0 Å². The largest absolute Gasteiger partial charge is 0.384 e. The van der Waals surface area contributed by atoms with Gasteiger partial charge in [0.1, 0.15) is 0 Å². The van der Waals surface area contributed by atoms with Gasteiger partial charge in [-0.2, -0.15) is 0 Å². The van der Waals surface area contributed by atoms with Gasteiger partial charge in [-0.25, -0.2) is 0 Å². The maximum absolute atomic E-state index is 6.09. The van der Waals surface area contributed by atoms with E-state index in [0.717, 1.165) is 0 Å². The Morgan fingerprint density at radius 3 is 3.00 bits per heavy atom. The van der Waals surface area contributed by atoms with Crippen LogP contribution in [0.15, 0.2) is 58.2 Å². The standard InChI is InChI=1S/C20H26N2S/c21-12-16-10-17(13-22-20(16)14-6-2-1-3-7-14)19-11-15-8-4-5-9-18(15)23-19/h2,4,6,8,10,13-14,19-20,22H,1,3,5,7,9,11-12,21H2. The normalized spacial score (nSPS) is 33.2. The lowest BCUT2D eigenvalue weighted by molar-refractivity contribution is 0.437. The van der Waals surface area contributed by atoms with Crippen LogP contribution in [0.3, 0.4) is 0 Å². The summed E-state index contributed by atoms with van der Waals surface area (Å²) in [4.78, 5) is 1.61. The molecule has 0 saturated heterocycles. The molecule has 3 N–H and O–H groups in total. The van der Waals surface area contributed by atoms with Crippen molar-refractivity contribution in [2.75, 3.05) is 6.54 Å². The molecule has 0 saturated carbocycles. The molecule has 0 aromatic rings. The van der Waals surface area contributed by atoms with E-state index in [1.54, 1.807) is 10.5 Å². The summed E-state index contributed by atoms with van der Waals surface area (Å²) in [6.07, 6.45) is 21.5. The molecule has 2 heterocycles. The van der Waals surface area contributed by atoms with E-state index in [0.29, 0.717) is 23.8 Å². The molecule has 4 aliphatic rings. The molecule has 3 unspecified atom stereocenters. The molecule has 4 rings (SSSR count). The van der Waals surface area contributed by atoms with Crippen molar-refractivity contribution in [1.29, 1.82) is 0 Å². The monoisotopic (exact) mass is 326 g/mol. The van der Waals surface area contributed by atoms with Gasteiger partial charge in [-0.05, 0) is 60.1 Å². The Kier molecular flexibility index (Phi) is 4.50. The van der Waals surface area contributed by atoms with Crippen LogP contribution in [0.1, 0.15) is 38.5 Å². The first-order chi connectivity index (χ1) is 11.3. The number of thioether (sulfide) groups is 1. The zero-order valence-corrected chi connectivity index (χ0v) is 14.4. The van der Waals surface area contributed by atoms with E-state index in [-0.39, 0.29) is 0 Å². The molecular formula is C20H26N2S. The number of hydrogen-bond donors (Lipinski definition) is 2. The summed E-state index contributed by atoms with van der Waals surface area (Å²) in [6, 6.07) is 0.397. The number of rotatable bonds is 3. The number of nitrogens with two attached hydrogens (primary N) is 1. The van der Waals surface area contributed by atoms with Crippen LogP contribution >= 0.6 is 11.8 Å². The first kappa shape index (κ1) is 15.3. The van der Waals surface area contributed by atoms with Crippen molar-refractivity contribution in [3.8, 4) is 0 Å². The average Bonchev–Trinajstić information content (AvgIpc) is 3.06. The van der Waals surface area contributed by atoms with Crippen LogP contribution in [-0.2, 0) is 0 Å². The van der Waals surface area contributed by atoms with Crippen LogP contribution in [0, 0.1) is 5.92 Å². The van der Waals surface area contributed by atoms with Crippen molar-refractivity contribution in [2.24, 2.45) is 11.7 Å². The molecule has 0 amide bonds. The number of allylic oxidation sites excluding steroid dienone is 6. The van der Waals surface area contributed by atoms with E-state index < -0.39 is 0 Å². The highest BCUT2D eigenvalue weighted by molar-refractivity contribution is 8.04. The highest BCUT2D eigenvalue weighted by Gasteiger charge is 2.30. The van der Waals surface area contributed by atoms with Crippen LogP contribution in [0.2, 0.25) is 0 Å². The van der Waals surface area contributed by atoms with Crippen molar-refractivity contribution >= 4 is 11.8 Å². The van der Waals surface area contributed by atoms with Gasteiger partial charge in [-0.3, -0.25) is 0 Å². The maximum atomic E-state index is 6.09. The molecule has 0 radical (unpaired) electrons. The summed E-state index contributed by atoms with van der Waals surface area (Å²) < 4.78 is 0. The van der Waals surface area contributed by atoms with Gasteiger partial charge in [0.25, 0.3) is 0 Å². The van der Waals surface area contributed by atoms with E-state index in [1.165, 1.54) is 49.7 Å².